The summed E-state index contributed by atoms with van der Waals surface area (Å²) in [6.07, 6.45) is 5.21. The lowest BCUT2D eigenvalue weighted by molar-refractivity contribution is 0.306. The number of nitrogens with one attached hydrogen (secondary N) is 1. The molecule has 0 radical (unpaired) electrons. The van der Waals surface area contributed by atoms with E-state index in [4.69, 9.17) is 22.8 Å². The summed E-state index contributed by atoms with van der Waals surface area (Å²) >= 11 is 5.97. The Morgan fingerprint density at radius 3 is 2.82 bits per heavy atom. The van der Waals surface area contributed by atoms with Gasteiger partial charge in [0.25, 0.3) is 0 Å². The van der Waals surface area contributed by atoms with Gasteiger partial charge in [-0.15, -0.1) is 6.42 Å². The van der Waals surface area contributed by atoms with Crippen LogP contribution >= 0.6 is 11.6 Å². The fraction of sp³-hybridized carbons (Fsp3) is 0.158. The van der Waals surface area contributed by atoms with E-state index in [1.165, 1.54) is 0 Å². The van der Waals surface area contributed by atoms with Crippen LogP contribution in [0.4, 0.5) is 0 Å². The molecule has 0 bridgehead atoms. The van der Waals surface area contributed by atoms with Crippen LogP contribution < -0.4 is 10.1 Å². The molecule has 0 spiro atoms. The standard InChI is InChI=1S/C19H18ClNO/c1-3-10-21-13-15(2)17-7-5-9-19(12-17)22-14-16-6-4-8-18(20)11-16/h1,4-9,11-12,21H,2,10,13-14H2. The van der Waals surface area contributed by atoms with Crippen molar-refractivity contribution in [1.29, 1.82) is 0 Å². The molecular formula is C19H18ClNO. The maximum Gasteiger partial charge on any atom is 0.120 e. The Morgan fingerprint density at radius 2 is 2.05 bits per heavy atom. The number of halogens is 1. The van der Waals surface area contributed by atoms with Crippen molar-refractivity contribution in [3.63, 3.8) is 0 Å². The van der Waals surface area contributed by atoms with Gasteiger partial charge in [0.15, 0.2) is 0 Å². The van der Waals surface area contributed by atoms with Crippen LogP contribution in [-0.4, -0.2) is 13.1 Å². The van der Waals surface area contributed by atoms with Gasteiger partial charge >= 0.3 is 0 Å². The molecule has 0 fully saturated rings. The maximum absolute atomic E-state index is 5.97. The summed E-state index contributed by atoms with van der Waals surface area (Å²) in [5.74, 6) is 3.34. The normalized spacial score (nSPS) is 10.0. The van der Waals surface area contributed by atoms with Crippen molar-refractivity contribution < 1.29 is 4.74 Å². The van der Waals surface area contributed by atoms with Crippen LogP contribution in [-0.2, 0) is 6.61 Å². The second-order valence-corrected chi connectivity index (χ2v) is 5.29. The van der Waals surface area contributed by atoms with Crippen molar-refractivity contribution in [3.05, 3.63) is 71.3 Å². The largest absolute Gasteiger partial charge is 0.489 e. The molecule has 2 rings (SSSR count). The fourth-order valence-electron chi connectivity index (χ4n) is 1.99. The predicted molar refractivity (Wildman–Crippen MR) is 93.0 cm³/mol. The molecule has 0 unspecified atom stereocenters. The van der Waals surface area contributed by atoms with E-state index < -0.39 is 0 Å². The molecule has 0 saturated heterocycles. The third kappa shape index (κ3) is 4.96. The Morgan fingerprint density at radius 1 is 1.23 bits per heavy atom. The second-order valence-electron chi connectivity index (χ2n) is 4.86. The molecule has 0 amide bonds. The average molecular weight is 312 g/mol. The lowest BCUT2D eigenvalue weighted by atomic mass is 10.1. The lowest BCUT2D eigenvalue weighted by Gasteiger charge is -2.10. The second kappa shape index (κ2) is 8.29. The zero-order valence-corrected chi connectivity index (χ0v) is 13.1. The molecule has 0 heterocycles. The quantitative estimate of drug-likeness (QED) is 0.612. The van der Waals surface area contributed by atoms with Gasteiger partial charge in [0.2, 0.25) is 0 Å². The molecule has 0 saturated carbocycles. The molecule has 0 aliphatic rings. The van der Waals surface area contributed by atoms with Gasteiger partial charge in [0, 0.05) is 11.6 Å². The predicted octanol–water partition coefficient (Wildman–Crippen LogP) is 4.16. The smallest absolute Gasteiger partial charge is 0.120 e. The highest BCUT2D eigenvalue weighted by atomic mass is 35.5. The summed E-state index contributed by atoms with van der Waals surface area (Å²) < 4.78 is 5.81. The molecule has 0 aliphatic heterocycles. The monoisotopic (exact) mass is 311 g/mol. The van der Waals surface area contributed by atoms with Crippen LogP contribution in [0, 0.1) is 12.3 Å². The van der Waals surface area contributed by atoms with Crippen molar-refractivity contribution in [2.24, 2.45) is 0 Å². The van der Waals surface area contributed by atoms with Gasteiger partial charge in [0.1, 0.15) is 12.4 Å². The molecule has 0 aromatic heterocycles. The highest BCUT2D eigenvalue weighted by Crippen LogP contribution is 2.20. The number of hydrogen-bond acceptors (Lipinski definition) is 2. The maximum atomic E-state index is 5.97. The molecule has 0 atom stereocenters. The first-order chi connectivity index (χ1) is 10.7. The molecule has 2 aromatic carbocycles. The van der Waals surface area contributed by atoms with Crippen molar-refractivity contribution in [2.75, 3.05) is 13.1 Å². The molecule has 2 aromatic rings. The summed E-state index contributed by atoms with van der Waals surface area (Å²) in [6.45, 7) is 5.73. The molecule has 1 N–H and O–H groups in total. The fourth-order valence-corrected chi connectivity index (χ4v) is 2.20. The average Bonchev–Trinajstić information content (AvgIpc) is 2.53. The minimum atomic E-state index is 0.478. The number of terminal acetylenes is 1. The van der Waals surface area contributed by atoms with E-state index >= 15 is 0 Å². The minimum absolute atomic E-state index is 0.478. The molecular weight excluding hydrogens is 294 g/mol. The van der Waals surface area contributed by atoms with Crippen LogP contribution in [0.3, 0.4) is 0 Å². The van der Waals surface area contributed by atoms with E-state index in [0.717, 1.165) is 22.4 Å². The third-order valence-corrected chi connectivity index (χ3v) is 3.34. The Labute approximate surface area is 136 Å². The molecule has 2 nitrogen and oxygen atoms in total. The van der Waals surface area contributed by atoms with Crippen molar-refractivity contribution in [3.8, 4) is 18.1 Å². The zero-order chi connectivity index (χ0) is 15.8. The summed E-state index contributed by atoms with van der Waals surface area (Å²) in [7, 11) is 0. The van der Waals surface area contributed by atoms with Gasteiger partial charge in [-0.3, -0.25) is 0 Å². The molecule has 3 heteroatoms. The summed E-state index contributed by atoms with van der Waals surface area (Å²) in [5, 5.41) is 3.84. The number of ether oxygens (including phenoxy) is 1. The summed E-state index contributed by atoms with van der Waals surface area (Å²) in [5.41, 5.74) is 3.05. The third-order valence-electron chi connectivity index (χ3n) is 3.10. The van der Waals surface area contributed by atoms with E-state index in [0.29, 0.717) is 24.7 Å². The summed E-state index contributed by atoms with van der Waals surface area (Å²) in [6, 6.07) is 15.5. The van der Waals surface area contributed by atoms with Crippen LogP contribution in [0.5, 0.6) is 5.75 Å². The van der Waals surface area contributed by atoms with Gasteiger partial charge in [-0.1, -0.05) is 48.4 Å². The van der Waals surface area contributed by atoms with E-state index in [9.17, 15) is 0 Å². The number of benzene rings is 2. The molecule has 22 heavy (non-hydrogen) atoms. The Bertz CT molecular complexity index is 688. The molecule has 112 valence electrons. The minimum Gasteiger partial charge on any atom is -0.489 e. The van der Waals surface area contributed by atoms with Crippen LogP contribution in [0.25, 0.3) is 5.57 Å². The van der Waals surface area contributed by atoms with Crippen molar-refractivity contribution in [2.45, 2.75) is 6.61 Å². The van der Waals surface area contributed by atoms with Crippen molar-refractivity contribution in [1.82, 2.24) is 5.32 Å². The topological polar surface area (TPSA) is 21.3 Å². The van der Waals surface area contributed by atoms with Gasteiger partial charge in [-0.05, 0) is 41.0 Å². The first-order valence-corrected chi connectivity index (χ1v) is 7.36. The SMILES string of the molecule is C#CCNCC(=C)c1cccc(OCc2cccc(Cl)c2)c1. The number of hydrogen-bond donors (Lipinski definition) is 1. The van der Waals surface area contributed by atoms with E-state index in [1.807, 2.05) is 48.5 Å². The van der Waals surface area contributed by atoms with Crippen LogP contribution in [0.1, 0.15) is 11.1 Å². The highest BCUT2D eigenvalue weighted by molar-refractivity contribution is 6.30. The van der Waals surface area contributed by atoms with E-state index in [2.05, 4.69) is 17.8 Å². The first-order valence-electron chi connectivity index (χ1n) is 6.98. The zero-order valence-electron chi connectivity index (χ0n) is 12.3. The lowest BCUT2D eigenvalue weighted by Crippen LogP contribution is -2.16. The first kappa shape index (κ1) is 16.2. The van der Waals surface area contributed by atoms with Gasteiger partial charge in [0.05, 0.1) is 6.54 Å². The van der Waals surface area contributed by atoms with Crippen molar-refractivity contribution >= 4 is 17.2 Å². The Hall–Kier alpha value is -2.21. The van der Waals surface area contributed by atoms with E-state index in [1.54, 1.807) is 0 Å². The Kier molecular flexibility index (Phi) is 6.09. The Balaban J connectivity index is 1.96. The van der Waals surface area contributed by atoms with Gasteiger partial charge < -0.3 is 10.1 Å². The van der Waals surface area contributed by atoms with Gasteiger partial charge in [-0.2, -0.15) is 0 Å². The number of rotatable bonds is 7. The van der Waals surface area contributed by atoms with Crippen LogP contribution in [0.2, 0.25) is 5.02 Å². The van der Waals surface area contributed by atoms with Gasteiger partial charge in [-0.25, -0.2) is 0 Å². The highest BCUT2D eigenvalue weighted by Gasteiger charge is 2.02. The summed E-state index contributed by atoms with van der Waals surface area (Å²) in [4.78, 5) is 0. The van der Waals surface area contributed by atoms with E-state index in [-0.39, 0.29) is 0 Å². The molecule has 0 aliphatic carbocycles. The van der Waals surface area contributed by atoms with Crippen LogP contribution in [0.15, 0.2) is 55.1 Å².